The smallest absolute Gasteiger partial charge is 0.273 e. The Labute approximate surface area is 193 Å². The third kappa shape index (κ3) is 4.73. The Morgan fingerprint density at radius 1 is 1.21 bits per heavy atom. The molecule has 1 aliphatic heterocycles. The minimum absolute atomic E-state index is 0.00358. The third-order valence-electron chi connectivity index (χ3n) is 5.26. The number of nitrogens with zero attached hydrogens (tertiary/aromatic N) is 2. The zero-order valence-electron chi connectivity index (χ0n) is 17.6. The van der Waals surface area contributed by atoms with Crippen molar-refractivity contribution in [2.75, 3.05) is 23.8 Å². The van der Waals surface area contributed by atoms with Gasteiger partial charge in [0.05, 0.1) is 18.1 Å². The summed E-state index contributed by atoms with van der Waals surface area (Å²) in [5, 5.41) is 2.87. The molecule has 11 heteroatoms. The van der Waals surface area contributed by atoms with Gasteiger partial charge in [-0.2, -0.15) is 4.37 Å². The Kier molecular flexibility index (Phi) is 6.71. The van der Waals surface area contributed by atoms with Crippen LogP contribution in [0.5, 0.6) is 0 Å². The van der Waals surface area contributed by atoms with Gasteiger partial charge in [-0.3, -0.25) is 19.3 Å². The van der Waals surface area contributed by atoms with Crippen molar-refractivity contribution in [1.29, 1.82) is 0 Å². The number of carbonyl (C=O) groups excluding carboxylic acids is 3. The predicted octanol–water partition coefficient (Wildman–Crippen LogP) is 2.10. The highest BCUT2D eigenvalue weighted by Gasteiger charge is 2.37. The molecule has 2 atom stereocenters. The number of nitrogens with two attached hydrogens (primary N) is 2. The number of hydrogen-bond donors (Lipinski definition) is 3. The Balaban J connectivity index is 1.73. The lowest BCUT2D eigenvalue weighted by Gasteiger charge is -2.30. The van der Waals surface area contributed by atoms with E-state index in [-0.39, 0.29) is 28.1 Å². The molecule has 5 N–H and O–H groups in total. The van der Waals surface area contributed by atoms with Gasteiger partial charge in [0.15, 0.2) is 11.7 Å². The molecule has 3 heterocycles. The first-order valence-electron chi connectivity index (χ1n) is 10.3. The number of aromatic nitrogens is 1. The van der Waals surface area contributed by atoms with Gasteiger partial charge >= 0.3 is 0 Å². The maximum Gasteiger partial charge on any atom is 0.273 e. The molecule has 3 amide bonds. The summed E-state index contributed by atoms with van der Waals surface area (Å²) in [6.07, 6.45) is 3.13. The van der Waals surface area contributed by atoms with Crippen LogP contribution in [-0.2, 0) is 9.53 Å². The van der Waals surface area contributed by atoms with E-state index in [0.29, 0.717) is 18.8 Å². The normalized spacial score (nSPS) is 16.3. The second-order valence-corrected chi connectivity index (χ2v) is 8.22. The minimum Gasteiger partial charge on any atom is -0.467 e. The molecule has 4 rings (SSSR count). The van der Waals surface area contributed by atoms with Gasteiger partial charge in [0.1, 0.15) is 10.6 Å². The van der Waals surface area contributed by atoms with E-state index >= 15 is 0 Å². The number of amides is 3. The topological polar surface area (TPSA) is 154 Å². The number of rotatable bonds is 8. The summed E-state index contributed by atoms with van der Waals surface area (Å²) in [5.74, 6) is -1.64. The van der Waals surface area contributed by atoms with E-state index in [9.17, 15) is 14.4 Å². The van der Waals surface area contributed by atoms with Crippen molar-refractivity contribution in [3.05, 3.63) is 65.1 Å². The van der Waals surface area contributed by atoms with E-state index in [1.165, 1.54) is 11.2 Å². The van der Waals surface area contributed by atoms with Gasteiger partial charge in [0.2, 0.25) is 0 Å². The number of furan rings is 1. The van der Waals surface area contributed by atoms with Crippen LogP contribution in [0.1, 0.15) is 44.8 Å². The van der Waals surface area contributed by atoms with Crippen molar-refractivity contribution in [2.24, 2.45) is 5.73 Å². The Hall–Kier alpha value is -3.70. The summed E-state index contributed by atoms with van der Waals surface area (Å²) >= 11 is 0.746. The summed E-state index contributed by atoms with van der Waals surface area (Å²) in [6, 6.07) is 10.8. The van der Waals surface area contributed by atoms with Gasteiger partial charge < -0.3 is 25.9 Å². The fraction of sp³-hybridized carbons (Fsp3) is 0.273. The maximum atomic E-state index is 13.7. The van der Waals surface area contributed by atoms with Crippen LogP contribution >= 0.6 is 11.5 Å². The van der Waals surface area contributed by atoms with E-state index in [2.05, 4.69) is 9.69 Å². The van der Waals surface area contributed by atoms with E-state index in [4.69, 9.17) is 20.6 Å². The van der Waals surface area contributed by atoms with Gasteiger partial charge in [0, 0.05) is 18.8 Å². The molecule has 2 unspecified atom stereocenters. The fourth-order valence-electron chi connectivity index (χ4n) is 3.65. The number of para-hydroxylation sites is 1. The van der Waals surface area contributed by atoms with Crippen molar-refractivity contribution in [1.82, 2.24) is 9.69 Å². The molecule has 1 aromatic carbocycles. The van der Waals surface area contributed by atoms with Crippen molar-refractivity contribution >= 4 is 40.6 Å². The molecule has 172 valence electrons. The zero-order valence-corrected chi connectivity index (χ0v) is 18.4. The van der Waals surface area contributed by atoms with Crippen LogP contribution in [0.4, 0.5) is 11.4 Å². The lowest BCUT2D eigenvalue weighted by Crippen LogP contribution is -2.45. The minimum atomic E-state index is -1.14. The number of nitrogens with one attached hydrogen (secondary N) is 1. The first-order chi connectivity index (χ1) is 16.0. The highest BCUT2D eigenvalue weighted by Crippen LogP contribution is 2.33. The summed E-state index contributed by atoms with van der Waals surface area (Å²) in [7, 11) is 0. The highest BCUT2D eigenvalue weighted by atomic mass is 32.1. The molecule has 3 aromatic rings. The van der Waals surface area contributed by atoms with Crippen molar-refractivity contribution in [3.63, 3.8) is 0 Å². The molecule has 1 saturated heterocycles. The maximum absolute atomic E-state index is 13.7. The van der Waals surface area contributed by atoms with Crippen molar-refractivity contribution in [2.45, 2.75) is 25.0 Å². The molecule has 1 fully saturated rings. The number of nitrogen functional groups attached to an aromatic ring is 1. The SMILES string of the molecule is NC(=O)c1nsc(C(=O)N(c2ccccc2)C(C(=O)NCC2CCCO2)c2ccco2)c1N. The molecule has 1 aliphatic rings. The lowest BCUT2D eigenvalue weighted by molar-refractivity contribution is -0.123. The molecular weight excluding hydrogens is 446 g/mol. The molecule has 33 heavy (non-hydrogen) atoms. The molecule has 0 spiro atoms. The van der Waals surface area contributed by atoms with Crippen LogP contribution in [-0.4, -0.2) is 41.4 Å². The fourth-order valence-corrected chi connectivity index (χ4v) is 4.39. The first-order valence-corrected chi connectivity index (χ1v) is 11.1. The van der Waals surface area contributed by atoms with Crippen LogP contribution in [0.15, 0.2) is 53.1 Å². The number of ether oxygens (including phenoxy) is 1. The zero-order chi connectivity index (χ0) is 23.4. The highest BCUT2D eigenvalue weighted by molar-refractivity contribution is 7.09. The number of carbonyl (C=O) groups is 3. The van der Waals surface area contributed by atoms with E-state index in [0.717, 1.165) is 24.4 Å². The van der Waals surface area contributed by atoms with Crippen LogP contribution in [0.25, 0.3) is 0 Å². The largest absolute Gasteiger partial charge is 0.467 e. The number of hydrogen-bond acceptors (Lipinski definition) is 8. The molecular formula is C22H23N5O5S. The van der Waals surface area contributed by atoms with Crippen LogP contribution in [0.2, 0.25) is 0 Å². The average Bonchev–Trinajstić information content (AvgIpc) is 3.58. The second-order valence-electron chi connectivity index (χ2n) is 7.45. The standard InChI is InChI=1S/C22H23N5O5S/c23-16-17(20(24)28)26-33-19(16)22(30)27(13-6-2-1-3-7-13)18(15-9-5-11-32-15)21(29)25-12-14-8-4-10-31-14/h1-3,5-7,9,11,14,18H,4,8,10,12,23H2,(H2,24,28)(H,25,29). The van der Waals surface area contributed by atoms with Crippen molar-refractivity contribution < 1.29 is 23.5 Å². The number of anilines is 2. The summed E-state index contributed by atoms with van der Waals surface area (Å²) < 4.78 is 15.1. The second kappa shape index (κ2) is 9.84. The van der Waals surface area contributed by atoms with E-state index in [1.807, 2.05) is 0 Å². The molecule has 2 aromatic heterocycles. The third-order valence-corrected chi connectivity index (χ3v) is 6.11. The average molecular weight is 470 g/mol. The molecule has 0 radical (unpaired) electrons. The Bertz CT molecular complexity index is 1130. The van der Waals surface area contributed by atoms with Gasteiger partial charge in [-0.05, 0) is 48.6 Å². The predicted molar refractivity (Wildman–Crippen MR) is 122 cm³/mol. The Morgan fingerprint density at radius 2 is 2.00 bits per heavy atom. The quantitative estimate of drug-likeness (QED) is 0.456. The molecule has 0 bridgehead atoms. The van der Waals surface area contributed by atoms with Crippen LogP contribution in [0, 0.1) is 0 Å². The number of benzene rings is 1. The van der Waals surface area contributed by atoms with Crippen molar-refractivity contribution in [3.8, 4) is 0 Å². The van der Waals surface area contributed by atoms with Gasteiger partial charge in [-0.25, -0.2) is 0 Å². The van der Waals surface area contributed by atoms with Crippen LogP contribution < -0.4 is 21.7 Å². The summed E-state index contributed by atoms with van der Waals surface area (Å²) in [4.78, 5) is 40.0. The lowest BCUT2D eigenvalue weighted by atomic mass is 10.1. The monoisotopic (exact) mass is 469 g/mol. The summed E-state index contributed by atoms with van der Waals surface area (Å²) in [6.45, 7) is 0.963. The van der Waals surface area contributed by atoms with Gasteiger partial charge in [0.25, 0.3) is 17.7 Å². The number of primary amides is 1. The van der Waals surface area contributed by atoms with E-state index < -0.39 is 23.8 Å². The van der Waals surface area contributed by atoms with Gasteiger partial charge in [-0.15, -0.1) is 0 Å². The molecule has 0 saturated carbocycles. The molecule has 0 aliphatic carbocycles. The first kappa shape index (κ1) is 22.5. The van der Waals surface area contributed by atoms with E-state index in [1.54, 1.807) is 42.5 Å². The van der Waals surface area contributed by atoms with Crippen LogP contribution in [0.3, 0.4) is 0 Å². The van der Waals surface area contributed by atoms with Gasteiger partial charge in [-0.1, -0.05) is 18.2 Å². The summed E-state index contributed by atoms with van der Waals surface area (Å²) in [5.41, 5.74) is 11.4. The molecule has 10 nitrogen and oxygen atoms in total. The Morgan fingerprint density at radius 3 is 2.61 bits per heavy atom.